The van der Waals surface area contributed by atoms with Crippen LogP contribution in [0, 0.1) is 0 Å². The summed E-state index contributed by atoms with van der Waals surface area (Å²) in [5.74, 6) is -0.211. The standard InChI is InChI=1S/C4H8O2.O.Zn/c1-3-6-4(2)5;;/h3H2,1-2H3;;/q;-2;+2. The Morgan fingerprint density at radius 2 is 2.00 bits per heavy atom. The molecular formula is C4H8O3Zn. The van der Waals surface area contributed by atoms with Crippen LogP contribution in [0.2, 0.25) is 0 Å². The Balaban J connectivity index is -0.000000125. The molecule has 0 aliphatic carbocycles. The second kappa shape index (κ2) is 10.1. The second-order valence-electron chi connectivity index (χ2n) is 0.925. The van der Waals surface area contributed by atoms with Crippen molar-refractivity contribution >= 4 is 5.97 Å². The first-order valence-electron chi connectivity index (χ1n) is 1.90. The molecule has 0 aliphatic heterocycles. The number of esters is 1. The van der Waals surface area contributed by atoms with Gasteiger partial charge in [0.05, 0.1) is 6.61 Å². The first-order chi connectivity index (χ1) is 2.77. The zero-order chi connectivity index (χ0) is 4.99. The molecule has 0 aliphatic rings. The zero-order valence-corrected chi connectivity index (χ0v) is 8.11. The molecule has 0 fully saturated rings. The van der Waals surface area contributed by atoms with Crippen LogP contribution in [0.3, 0.4) is 0 Å². The third kappa shape index (κ3) is 16.6. The molecule has 0 aromatic rings. The van der Waals surface area contributed by atoms with Crippen molar-refractivity contribution in [2.24, 2.45) is 0 Å². The predicted molar refractivity (Wildman–Crippen MR) is 23.0 cm³/mol. The Kier molecular flexibility index (Phi) is 19.8. The maximum atomic E-state index is 9.82. The fourth-order valence-corrected chi connectivity index (χ4v) is 0.203. The summed E-state index contributed by atoms with van der Waals surface area (Å²) in [6, 6.07) is 0. The fourth-order valence-electron chi connectivity index (χ4n) is 0.203. The third-order valence-corrected chi connectivity index (χ3v) is 0.348. The van der Waals surface area contributed by atoms with Gasteiger partial charge in [0.25, 0.3) is 0 Å². The van der Waals surface area contributed by atoms with Gasteiger partial charge in [-0.1, -0.05) is 0 Å². The van der Waals surface area contributed by atoms with Crippen molar-refractivity contribution in [3.05, 3.63) is 0 Å². The van der Waals surface area contributed by atoms with Gasteiger partial charge in [0.2, 0.25) is 0 Å². The van der Waals surface area contributed by atoms with Gasteiger partial charge in [0.15, 0.2) is 0 Å². The van der Waals surface area contributed by atoms with Crippen molar-refractivity contribution in [3.63, 3.8) is 0 Å². The Labute approximate surface area is 61.5 Å². The molecular weight excluding hydrogens is 161 g/mol. The van der Waals surface area contributed by atoms with Gasteiger partial charge in [-0.3, -0.25) is 4.79 Å². The molecule has 0 spiro atoms. The molecule has 44 valence electrons. The zero-order valence-electron chi connectivity index (χ0n) is 5.14. The van der Waals surface area contributed by atoms with E-state index in [0.717, 1.165) is 0 Å². The minimum Gasteiger partial charge on any atom is -2.00 e. The average molecular weight is 169 g/mol. The Bertz CT molecular complexity index is 55.2. The molecule has 0 aromatic carbocycles. The van der Waals surface area contributed by atoms with Gasteiger partial charge < -0.3 is 10.2 Å². The Morgan fingerprint density at radius 1 is 1.62 bits per heavy atom. The van der Waals surface area contributed by atoms with Crippen molar-refractivity contribution in [2.75, 3.05) is 6.61 Å². The summed E-state index contributed by atoms with van der Waals surface area (Å²) in [5, 5.41) is 0. The first kappa shape index (κ1) is 15.7. The van der Waals surface area contributed by atoms with E-state index in [1.165, 1.54) is 6.92 Å². The fraction of sp³-hybridized carbons (Fsp3) is 0.750. The normalized spacial score (nSPS) is 5.75. The molecule has 0 aromatic heterocycles. The monoisotopic (exact) mass is 168 g/mol. The van der Waals surface area contributed by atoms with E-state index in [4.69, 9.17) is 0 Å². The van der Waals surface area contributed by atoms with Crippen molar-refractivity contribution in [1.82, 2.24) is 0 Å². The quantitative estimate of drug-likeness (QED) is 0.423. The number of carbonyl (C=O) groups excluding carboxylic acids is 1. The first-order valence-corrected chi connectivity index (χ1v) is 1.90. The molecule has 0 amide bonds. The number of hydrogen-bond acceptors (Lipinski definition) is 2. The van der Waals surface area contributed by atoms with E-state index in [0.29, 0.717) is 6.61 Å². The maximum Gasteiger partial charge on any atom is 2.00 e. The summed E-state index contributed by atoms with van der Waals surface area (Å²) >= 11 is 0. The number of hydrogen-bond donors (Lipinski definition) is 0. The summed E-state index contributed by atoms with van der Waals surface area (Å²) in [6.07, 6.45) is 0. The van der Waals surface area contributed by atoms with E-state index in [-0.39, 0.29) is 30.9 Å². The Hall–Kier alpha value is 0.0534. The van der Waals surface area contributed by atoms with Gasteiger partial charge in [0.1, 0.15) is 0 Å². The average Bonchev–Trinajstić information content (AvgIpc) is 1.35. The molecule has 4 heteroatoms. The molecule has 0 N–H and O–H groups in total. The van der Waals surface area contributed by atoms with E-state index in [9.17, 15) is 4.79 Å². The van der Waals surface area contributed by atoms with E-state index in [1.807, 2.05) is 0 Å². The van der Waals surface area contributed by atoms with Gasteiger partial charge in [-0.05, 0) is 6.92 Å². The van der Waals surface area contributed by atoms with Gasteiger partial charge in [-0.2, -0.15) is 0 Å². The van der Waals surface area contributed by atoms with Crippen molar-refractivity contribution in [2.45, 2.75) is 13.8 Å². The van der Waals surface area contributed by atoms with E-state index < -0.39 is 0 Å². The van der Waals surface area contributed by atoms with E-state index >= 15 is 0 Å². The summed E-state index contributed by atoms with van der Waals surface area (Å²) < 4.78 is 4.40. The second-order valence-corrected chi connectivity index (χ2v) is 0.925. The van der Waals surface area contributed by atoms with Crippen LogP contribution >= 0.6 is 0 Å². The van der Waals surface area contributed by atoms with Crippen LogP contribution in [0.15, 0.2) is 0 Å². The van der Waals surface area contributed by atoms with Gasteiger partial charge in [-0.15, -0.1) is 0 Å². The topological polar surface area (TPSA) is 54.8 Å². The van der Waals surface area contributed by atoms with Crippen molar-refractivity contribution in [3.8, 4) is 0 Å². The van der Waals surface area contributed by atoms with Crippen LogP contribution in [-0.4, -0.2) is 12.6 Å². The van der Waals surface area contributed by atoms with Crippen LogP contribution in [0.5, 0.6) is 0 Å². The maximum absolute atomic E-state index is 9.82. The molecule has 0 saturated heterocycles. The minimum absolute atomic E-state index is 0. The minimum atomic E-state index is -0.211. The molecule has 0 heterocycles. The third-order valence-electron chi connectivity index (χ3n) is 0.348. The van der Waals surface area contributed by atoms with Crippen LogP contribution in [0.4, 0.5) is 0 Å². The van der Waals surface area contributed by atoms with Gasteiger partial charge >= 0.3 is 25.4 Å². The summed E-state index contributed by atoms with van der Waals surface area (Å²) in [7, 11) is 0. The van der Waals surface area contributed by atoms with E-state index in [1.54, 1.807) is 6.92 Å². The number of carbonyl (C=O) groups is 1. The summed E-state index contributed by atoms with van der Waals surface area (Å²) in [6.45, 7) is 3.65. The molecule has 0 rings (SSSR count). The smallest absolute Gasteiger partial charge is 2.00 e. The van der Waals surface area contributed by atoms with E-state index in [2.05, 4.69) is 4.74 Å². The Morgan fingerprint density at radius 3 is 2.00 bits per heavy atom. The SMILES string of the molecule is CCOC(C)=O.[O-2].[Zn+2]. The van der Waals surface area contributed by atoms with Crippen LogP contribution in [-0.2, 0) is 34.5 Å². The molecule has 8 heavy (non-hydrogen) atoms. The molecule has 0 bridgehead atoms. The van der Waals surface area contributed by atoms with Crippen LogP contribution in [0.1, 0.15) is 13.8 Å². The van der Waals surface area contributed by atoms with Crippen LogP contribution in [0.25, 0.3) is 0 Å². The summed E-state index contributed by atoms with van der Waals surface area (Å²) in [4.78, 5) is 9.82. The number of ether oxygens (including phenoxy) is 1. The molecule has 3 nitrogen and oxygen atoms in total. The van der Waals surface area contributed by atoms with Gasteiger partial charge in [0, 0.05) is 6.92 Å². The van der Waals surface area contributed by atoms with Crippen molar-refractivity contribution in [1.29, 1.82) is 0 Å². The predicted octanol–water partition coefficient (Wildman–Crippen LogP) is 0.448. The van der Waals surface area contributed by atoms with Crippen molar-refractivity contribution < 1.29 is 34.5 Å². The molecule has 0 unspecified atom stereocenters. The molecule has 0 atom stereocenters. The summed E-state index contributed by atoms with van der Waals surface area (Å²) in [5.41, 5.74) is 0. The van der Waals surface area contributed by atoms with Gasteiger partial charge in [-0.25, -0.2) is 0 Å². The number of rotatable bonds is 1. The largest absolute Gasteiger partial charge is 2.00 e. The molecule has 0 saturated carbocycles. The van der Waals surface area contributed by atoms with Crippen LogP contribution < -0.4 is 0 Å². The molecule has 0 radical (unpaired) electrons.